The average molecular weight is 284 g/mol. The summed E-state index contributed by atoms with van der Waals surface area (Å²) in [7, 11) is 3.92. The highest BCUT2D eigenvalue weighted by Gasteiger charge is 2.21. The van der Waals surface area contributed by atoms with Gasteiger partial charge >= 0.3 is 11.9 Å². The van der Waals surface area contributed by atoms with Crippen LogP contribution in [0, 0.1) is 0 Å². The summed E-state index contributed by atoms with van der Waals surface area (Å²) >= 11 is 0. The monoisotopic (exact) mass is 284 g/mol. The molecule has 0 saturated heterocycles. The van der Waals surface area contributed by atoms with Crippen LogP contribution in [0.4, 0.5) is 0 Å². The highest BCUT2D eigenvalue weighted by atomic mass is 16.7. The molecular formula is C14H20O6. The molecular weight excluding hydrogens is 264 g/mol. The highest BCUT2D eigenvalue weighted by Crippen LogP contribution is 2.25. The quantitative estimate of drug-likeness (QED) is 0.610. The molecule has 0 unspecified atom stereocenters. The minimum Gasteiger partial charge on any atom is -0.466 e. The Balaban J connectivity index is 0.00000172. The molecule has 20 heavy (non-hydrogen) atoms. The van der Waals surface area contributed by atoms with E-state index in [2.05, 4.69) is 9.47 Å². The zero-order valence-corrected chi connectivity index (χ0v) is 12.4. The van der Waals surface area contributed by atoms with Crippen molar-refractivity contribution in [2.45, 2.75) is 13.8 Å². The van der Waals surface area contributed by atoms with Crippen LogP contribution < -0.4 is 4.74 Å². The lowest BCUT2D eigenvalue weighted by atomic mass is 10.1. The van der Waals surface area contributed by atoms with E-state index in [-0.39, 0.29) is 23.7 Å². The van der Waals surface area contributed by atoms with Crippen molar-refractivity contribution < 1.29 is 28.5 Å². The van der Waals surface area contributed by atoms with E-state index in [4.69, 9.17) is 9.47 Å². The molecule has 0 amide bonds. The van der Waals surface area contributed by atoms with Crippen molar-refractivity contribution in [3.05, 3.63) is 29.3 Å². The fourth-order valence-corrected chi connectivity index (χ4v) is 1.35. The van der Waals surface area contributed by atoms with Gasteiger partial charge in [-0.3, -0.25) is 0 Å². The van der Waals surface area contributed by atoms with Crippen LogP contribution in [-0.4, -0.2) is 40.1 Å². The molecule has 0 saturated carbocycles. The van der Waals surface area contributed by atoms with Crippen LogP contribution in [0.1, 0.15) is 34.6 Å². The van der Waals surface area contributed by atoms with Crippen LogP contribution in [-0.2, 0) is 14.2 Å². The lowest BCUT2D eigenvalue weighted by Crippen LogP contribution is -2.12. The summed E-state index contributed by atoms with van der Waals surface area (Å²) in [4.78, 5) is 23.1. The average Bonchev–Trinajstić information content (AvgIpc) is 2.52. The van der Waals surface area contributed by atoms with Gasteiger partial charge in [0.1, 0.15) is 11.1 Å². The number of benzene rings is 1. The summed E-state index contributed by atoms with van der Waals surface area (Å²) in [5, 5.41) is 0. The molecule has 0 spiro atoms. The van der Waals surface area contributed by atoms with Gasteiger partial charge in [0.2, 0.25) is 0 Å². The molecule has 6 nitrogen and oxygen atoms in total. The third-order valence-electron chi connectivity index (χ3n) is 2.15. The molecule has 1 aromatic carbocycles. The van der Waals surface area contributed by atoms with E-state index >= 15 is 0 Å². The molecule has 1 aromatic rings. The van der Waals surface area contributed by atoms with E-state index in [9.17, 15) is 9.59 Å². The molecule has 0 aromatic heterocycles. The molecule has 0 N–H and O–H groups in total. The Hall–Kier alpha value is -2.08. The van der Waals surface area contributed by atoms with E-state index in [0.29, 0.717) is 0 Å². The van der Waals surface area contributed by atoms with Crippen LogP contribution in [0.3, 0.4) is 0 Å². The van der Waals surface area contributed by atoms with Gasteiger partial charge in [-0.15, -0.1) is 0 Å². The van der Waals surface area contributed by atoms with Crippen molar-refractivity contribution in [1.29, 1.82) is 0 Å². The van der Waals surface area contributed by atoms with Crippen molar-refractivity contribution >= 4 is 11.9 Å². The summed E-state index contributed by atoms with van der Waals surface area (Å²) in [6, 6.07) is 4.52. The molecule has 0 fully saturated rings. The maximum atomic E-state index is 11.6. The van der Waals surface area contributed by atoms with Gasteiger partial charge in [-0.25, -0.2) is 9.59 Å². The van der Waals surface area contributed by atoms with E-state index < -0.39 is 11.9 Å². The molecule has 0 bridgehead atoms. The topological polar surface area (TPSA) is 71.1 Å². The van der Waals surface area contributed by atoms with Gasteiger partial charge in [0.25, 0.3) is 0 Å². The Morgan fingerprint density at radius 3 is 1.75 bits per heavy atom. The first kappa shape index (κ1) is 17.9. The number of hydrogen-bond acceptors (Lipinski definition) is 6. The van der Waals surface area contributed by atoms with Crippen LogP contribution in [0.15, 0.2) is 18.2 Å². The number of para-hydroxylation sites is 1. The lowest BCUT2D eigenvalue weighted by molar-refractivity contribution is 0.0434. The van der Waals surface area contributed by atoms with Crippen LogP contribution in [0.25, 0.3) is 0 Å². The first-order valence-corrected chi connectivity index (χ1v) is 6.07. The summed E-state index contributed by atoms with van der Waals surface area (Å²) in [6.45, 7) is 3.90. The Kier molecular flexibility index (Phi) is 8.78. The van der Waals surface area contributed by atoms with Gasteiger partial charge in [0.05, 0.1) is 14.2 Å². The van der Waals surface area contributed by atoms with Gasteiger partial charge < -0.3 is 18.9 Å². The maximum Gasteiger partial charge on any atom is 0.341 e. The first-order valence-electron chi connectivity index (χ1n) is 6.07. The SMILES string of the molecule is CC.COCOc1c(C(=O)OC)cccc1C(=O)OC. The third-order valence-corrected chi connectivity index (χ3v) is 2.15. The summed E-state index contributed by atoms with van der Waals surface area (Å²) in [5.74, 6) is -1.13. The second kappa shape index (κ2) is 9.80. The number of esters is 2. The Morgan fingerprint density at radius 1 is 0.950 bits per heavy atom. The molecule has 112 valence electrons. The fourth-order valence-electron chi connectivity index (χ4n) is 1.35. The number of ether oxygens (including phenoxy) is 4. The van der Waals surface area contributed by atoms with Gasteiger partial charge in [-0.05, 0) is 12.1 Å². The minimum absolute atomic E-state index is 0.0815. The normalized spacial score (nSPS) is 9.05. The van der Waals surface area contributed by atoms with Crippen LogP contribution in [0.2, 0.25) is 0 Å². The van der Waals surface area contributed by atoms with Crippen molar-refractivity contribution in [2.24, 2.45) is 0 Å². The largest absolute Gasteiger partial charge is 0.466 e. The number of methoxy groups -OCH3 is 3. The molecule has 0 aliphatic rings. The van der Waals surface area contributed by atoms with Gasteiger partial charge in [-0.2, -0.15) is 0 Å². The van der Waals surface area contributed by atoms with Gasteiger partial charge in [0, 0.05) is 7.11 Å². The van der Waals surface area contributed by atoms with Gasteiger partial charge in [-0.1, -0.05) is 19.9 Å². The number of carbonyl (C=O) groups excluding carboxylic acids is 2. The van der Waals surface area contributed by atoms with Crippen LogP contribution in [0.5, 0.6) is 5.75 Å². The summed E-state index contributed by atoms with van der Waals surface area (Å²) in [5.41, 5.74) is 0.273. The van der Waals surface area contributed by atoms with Crippen molar-refractivity contribution in [3.63, 3.8) is 0 Å². The Morgan fingerprint density at radius 2 is 1.40 bits per heavy atom. The lowest BCUT2D eigenvalue weighted by Gasteiger charge is -2.12. The summed E-state index contributed by atoms with van der Waals surface area (Å²) < 4.78 is 19.2. The van der Waals surface area contributed by atoms with Crippen LogP contribution >= 0.6 is 0 Å². The molecule has 6 heteroatoms. The second-order valence-electron chi connectivity index (χ2n) is 3.22. The van der Waals surface area contributed by atoms with E-state index in [1.54, 1.807) is 0 Å². The minimum atomic E-state index is -0.605. The molecule has 0 heterocycles. The van der Waals surface area contributed by atoms with E-state index in [1.807, 2.05) is 13.8 Å². The maximum absolute atomic E-state index is 11.6. The van der Waals surface area contributed by atoms with E-state index in [0.717, 1.165) is 0 Å². The fraction of sp³-hybridized carbons (Fsp3) is 0.429. The summed E-state index contributed by atoms with van der Waals surface area (Å²) in [6.07, 6.45) is 0. The van der Waals surface area contributed by atoms with E-state index in [1.165, 1.54) is 39.5 Å². The predicted octanol–water partition coefficient (Wildman–Crippen LogP) is 2.27. The van der Waals surface area contributed by atoms with Crippen molar-refractivity contribution in [3.8, 4) is 5.75 Å². The molecule has 0 atom stereocenters. The molecule has 0 aliphatic carbocycles. The van der Waals surface area contributed by atoms with Crippen molar-refractivity contribution in [1.82, 2.24) is 0 Å². The second-order valence-corrected chi connectivity index (χ2v) is 3.22. The number of rotatable bonds is 5. The molecule has 1 rings (SSSR count). The van der Waals surface area contributed by atoms with Crippen molar-refractivity contribution in [2.75, 3.05) is 28.1 Å². The zero-order valence-electron chi connectivity index (χ0n) is 12.4. The third kappa shape index (κ3) is 4.55. The Labute approximate surface area is 118 Å². The zero-order chi connectivity index (χ0) is 15.5. The smallest absolute Gasteiger partial charge is 0.341 e. The number of hydrogen-bond donors (Lipinski definition) is 0. The highest BCUT2D eigenvalue weighted by molar-refractivity contribution is 6.00. The first-order chi connectivity index (χ1) is 9.65. The Bertz CT molecular complexity index is 407. The molecule has 0 radical (unpaired) electrons. The molecule has 0 aliphatic heterocycles. The standard InChI is InChI=1S/C12H14O6.C2H6/c1-15-7-18-10-8(11(13)16-2)5-4-6-9(10)12(14)17-3;1-2/h4-6H,7H2,1-3H3;1-2H3. The predicted molar refractivity (Wildman–Crippen MR) is 73.0 cm³/mol. The number of carbonyl (C=O) groups is 2. The van der Waals surface area contributed by atoms with Gasteiger partial charge in [0.15, 0.2) is 12.5 Å².